The molecule has 0 saturated heterocycles. The number of nitrogens with zero attached hydrogens (tertiary/aromatic N) is 4. The van der Waals surface area contributed by atoms with E-state index in [2.05, 4.69) is 132 Å². The van der Waals surface area contributed by atoms with E-state index in [-0.39, 0.29) is 36.8 Å². The van der Waals surface area contributed by atoms with Crippen molar-refractivity contribution in [3.63, 3.8) is 0 Å². The summed E-state index contributed by atoms with van der Waals surface area (Å²) in [6.45, 7) is 14.5. The number of aliphatic hydroxyl groups is 6. The highest BCUT2D eigenvalue weighted by Gasteiger charge is 2.04. The number of carbonyl (C=O) groups is 5. The predicted octanol–water partition coefficient (Wildman–Crippen LogP) is 15.1. The van der Waals surface area contributed by atoms with Gasteiger partial charge in [0.25, 0.3) is 0 Å². The molecule has 0 atom stereocenters. The number of esters is 4. The lowest BCUT2D eigenvalue weighted by atomic mass is 10.1. The highest BCUT2D eigenvalue weighted by atomic mass is 35.5. The molecule has 22 heteroatoms. The van der Waals surface area contributed by atoms with Crippen molar-refractivity contribution < 1.29 is 78.7 Å². The van der Waals surface area contributed by atoms with E-state index in [1.807, 2.05) is 196 Å². The molecular weight excluding hydrogens is 1440 g/mol. The summed E-state index contributed by atoms with van der Waals surface area (Å²) in [7, 11) is 8.70. The van der Waals surface area contributed by atoms with Crippen LogP contribution >= 0.6 is 24.8 Å². The number of hydrogen-bond acceptors (Lipinski definition) is 19. The fourth-order valence-corrected chi connectivity index (χ4v) is 7.86. The second-order valence-corrected chi connectivity index (χ2v) is 19.9. The minimum absolute atomic E-state index is 0. The first-order valence-electron chi connectivity index (χ1n) is 33.3. The number of carboxylic acid groups (broad SMARTS) is 1. The SMILES string of the molecule is C(=C\c1ccc2ccccc2n1)/c1ccccc1.C(=C\c1ccc2ccccc2n1)/c1ccccc1.C(=C\c1ccc2ccccc2n1)/c1ccccc1.C=c1ccc2c(n1)C=C[CH+]C=2.CC(=O)OC(C)=O.CCOCC.CO.CO.CO.CO.CO.CO.COC(C)=O.COC(C)=O.Cl.Cl.O=C(O)c1ccccc1. The third kappa shape index (κ3) is 52.3. The molecule has 0 aliphatic heterocycles. The number of aromatic carboxylic acids is 1. The molecule has 20 nitrogen and oxygen atoms in total. The Bertz CT molecular complexity index is 4100. The van der Waals surface area contributed by atoms with Crippen molar-refractivity contribution in [2.24, 2.45) is 0 Å². The van der Waals surface area contributed by atoms with E-state index in [1.165, 1.54) is 80.0 Å². The molecule has 1 aliphatic rings. The molecule has 1 aliphatic carbocycles. The molecule has 110 heavy (non-hydrogen) atoms. The molecule has 0 spiro atoms. The van der Waals surface area contributed by atoms with Crippen LogP contribution in [0, 0.1) is 6.42 Å². The van der Waals surface area contributed by atoms with Crippen LogP contribution in [0.3, 0.4) is 0 Å². The Kier molecular flexibility index (Phi) is 70.9. The monoisotopic (exact) mass is 1550 g/mol. The highest BCUT2D eigenvalue weighted by Crippen LogP contribution is 2.17. The third-order valence-corrected chi connectivity index (χ3v) is 12.5. The Balaban J connectivity index is -0.000000382. The number of fused-ring (bicyclic) bond motifs is 4. The number of methoxy groups -OCH3 is 2. The van der Waals surface area contributed by atoms with Crippen LogP contribution in [-0.4, -0.2) is 156 Å². The van der Waals surface area contributed by atoms with Crippen molar-refractivity contribution in [2.45, 2.75) is 41.5 Å². The molecule has 0 bridgehead atoms. The van der Waals surface area contributed by atoms with Crippen LogP contribution in [-0.2, 0) is 38.1 Å². The molecule has 7 N–H and O–H groups in total. The lowest BCUT2D eigenvalue weighted by molar-refractivity contribution is -0.156. The van der Waals surface area contributed by atoms with E-state index in [0.717, 1.165) is 101 Å². The van der Waals surface area contributed by atoms with E-state index in [9.17, 15) is 24.0 Å². The Morgan fingerprint density at radius 2 is 0.673 bits per heavy atom. The van der Waals surface area contributed by atoms with Crippen LogP contribution in [0.1, 0.15) is 91.4 Å². The summed E-state index contributed by atoms with van der Waals surface area (Å²) in [5.41, 5.74) is 11.0. The first-order chi connectivity index (χ1) is 52.5. The summed E-state index contributed by atoms with van der Waals surface area (Å²) in [5.74, 6) is -2.49. The normalized spacial score (nSPS) is 9.31. The van der Waals surface area contributed by atoms with Gasteiger partial charge >= 0.3 is 29.8 Å². The van der Waals surface area contributed by atoms with Crippen molar-refractivity contribution >= 4 is 143 Å². The molecule has 7 aromatic carbocycles. The van der Waals surface area contributed by atoms with Gasteiger partial charge in [-0.25, -0.2) is 24.7 Å². The Morgan fingerprint density at radius 3 is 0.927 bits per heavy atom. The van der Waals surface area contributed by atoms with Gasteiger partial charge in [-0.15, -0.1) is 24.8 Å². The molecule has 11 aromatic rings. The number of pyridine rings is 4. The van der Waals surface area contributed by atoms with Crippen molar-refractivity contribution in [1.29, 1.82) is 0 Å². The fraction of sp³-hybridized carbons (Fsp3) is 0.182. The summed E-state index contributed by atoms with van der Waals surface area (Å²) in [4.78, 5) is 67.1. The van der Waals surface area contributed by atoms with Crippen molar-refractivity contribution in [2.75, 3.05) is 70.1 Å². The number of hydrogen-bond donors (Lipinski definition) is 7. The molecule has 0 radical (unpaired) electrons. The van der Waals surface area contributed by atoms with E-state index in [0.29, 0.717) is 5.56 Å². The molecule has 0 unspecified atom stereocenters. The van der Waals surface area contributed by atoms with Crippen molar-refractivity contribution in [3.8, 4) is 0 Å². The van der Waals surface area contributed by atoms with Crippen LogP contribution in [0.2, 0.25) is 0 Å². The summed E-state index contributed by atoms with van der Waals surface area (Å²) < 4.78 is 17.0. The zero-order valence-corrected chi connectivity index (χ0v) is 66.5. The zero-order chi connectivity index (χ0) is 81.6. The van der Waals surface area contributed by atoms with E-state index in [4.69, 9.17) is 40.5 Å². The zero-order valence-electron chi connectivity index (χ0n) is 64.9. The molecule has 12 rings (SSSR count). The molecule has 0 saturated carbocycles. The number of aromatic nitrogens is 4. The minimum atomic E-state index is -0.879. The summed E-state index contributed by atoms with van der Waals surface area (Å²) in [5, 5.41) is 55.9. The number of aliphatic hydroxyl groups excluding tert-OH is 6. The maximum absolute atomic E-state index is 10.2. The van der Waals surface area contributed by atoms with Gasteiger partial charge in [-0.1, -0.05) is 207 Å². The average molecular weight is 1550 g/mol. The van der Waals surface area contributed by atoms with Crippen LogP contribution in [0.4, 0.5) is 0 Å². The standard InChI is InChI=1S/3C17H13N.C10H8N.C7H6O2.C4H6O3.C4H10O.2C3H6O2.6CH4O.2ClH/c3*1-2-6-14(7-3-1)10-12-16-13-11-15-8-4-5-9-17(15)18-16;1-8-6-7-9-4-2-3-5-10(9)11-8;8-7(9)6-4-2-1-3-5-6;1-3(5)7-4(2)6;1-3-5-4-2;2*1-3(4)5-2;6*1-2;;/h3*1-13H;2-7H,1H2;1-5H,(H,8,9);1-2H3;3-4H2,1-2H3;2*1-2H3;6*2H,1H3;2*1H/q;;;+1;;;;;;;;;;;;;/b3*12-10+;;;;;;;;;;;;;;. The molecular formula is C88H107Cl2N4O16+. The van der Waals surface area contributed by atoms with Gasteiger partial charge in [0.15, 0.2) is 5.69 Å². The lowest BCUT2D eigenvalue weighted by Crippen LogP contribution is -2.17. The van der Waals surface area contributed by atoms with Crippen LogP contribution in [0.15, 0.2) is 249 Å². The number of para-hydroxylation sites is 3. The summed E-state index contributed by atoms with van der Waals surface area (Å²) >= 11 is 0. The first-order valence-corrected chi connectivity index (χ1v) is 33.3. The Labute approximate surface area is 659 Å². The number of ether oxygens (including phenoxy) is 4. The second-order valence-electron chi connectivity index (χ2n) is 19.9. The van der Waals surface area contributed by atoms with E-state index in [1.54, 1.807) is 30.3 Å². The molecule has 4 aromatic heterocycles. The number of rotatable bonds is 9. The maximum Gasteiger partial charge on any atom is 0.335 e. The first kappa shape index (κ1) is 107. The number of halogens is 2. The van der Waals surface area contributed by atoms with Crippen molar-refractivity contribution in [1.82, 2.24) is 19.9 Å². The number of benzene rings is 7. The molecule has 4 heterocycles. The third-order valence-electron chi connectivity index (χ3n) is 12.5. The molecule has 588 valence electrons. The average Bonchev–Trinajstić information content (AvgIpc) is 0.862. The maximum atomic E-state index is 10.2. The lowest BCUT2D eigenvalue weighted by Gasteiger charge is -1.98. The smallest absolute Gasteiger partial charge is 0.335 e. The fourth-order valence-electron chi connectivity index (χ4n) is 7.86. The van der Waals surface area contributed by atoms with Crippen molar-refractivity contribution in [3.05, 3.63) is 311 Å². The second kappa shape index (κ2) is 72.9. The number of allylic oxidation sites excluding steroid dienone is 1. The van der Waals surface area contributed by atoms with Crippen LogP contribution in [0.25, 0.3) is 87.9 Å². The van der Waals surface area contributed by atoms with Gasteiger partial charge in [0.05, 0.1) is 77.0 Å². The van der Waals surface area contributed by atoms with Gasteiger partial charge in [0.2, 0.25) is 0 Å². The largest absolute Gasteiger partial charge is 0.478 e. The highest BCUT2D eigenvalue weighted by molar-refractivity contribution is 5.88. The quantitative estimate of drug-likeness (QED) is 0.0306. The van der Waals surface area contributed by atoms with Gasteiger partial charge in [-0.2, -0.15) is 0 Å². The summed E-state index contributed by atoms with van der Waals surface area (Å²) in [6.07, 6.45) is 20.4. The minimum Gasteiger partial charge on any atom is -0.478 e. The molecule has 0 fully saturated rings. The topological polar surface area (TPSA) is 315 Å². The summed E-state index contributed by atoms with van der Waals surface area (Å²) in [6, 6.07) is 79.9. The Morgan fingerprint density at radius 1 is 0.382 bits per heavy atom. The van der Waals surface area contributed by atoms with Gasteiger partial charge in [-0.05, 0) is 103 Å². The van der Waals surface area contributed by atoms with Gasteiger partial charge in [0, 0.05) is 112 Å². The van der Waals surface area contributed by atoms with Gasteiger partial charge < -0.3 is 54.7 Å². The predicted molar refractivity (Wildman–Crippen MR) is 455 cm³/mol. The number of carboxylic acids is 1. The van der Waals surface area contributed by atoms with E-state index >= 15 is 0 Å². The van der Waals surface area contributed by atoms with Crippen LogP contribution < -0.4 is 10.6 Å². The van der Waals surface area contributed by atoms with E-state index < -0.39 is 17.9 Å². The van der Waals surface area contributed by atoms with Gasteiger partial charge in [-0.3, -0.25) is 19.2 Å². The van der Waals surface area contributed by atoms with Crippen LogP contribution in [0.5, 0.6) is 0 Å². The van der Waals surface area contributed by atoms with Gasteiger partial charge in [0.1, 0.15) is 5.22 Å². The number of carbonyl (C=O) groups excluding carboxylic acids is 4. The Hall–Kier alpha value is -11.7. The molecule has 0 amide bonds.